The van der Waals surface area contributed by atoms with Crippen LogP contribution in [0.15, 0.2) is 42.6 Å². The molecule has 4 heterocycles. The highest BCUT2D eigenvalue weighted by atomic mass is 19.1. The molecule has 3 fully saturated rings. The lowest BCUT2D eigenvalue weighted by molar-refractivity contribution is -0.138. The fourth-order valence-corrected chi connectivity index (χ4v) is 3.72. The SMILES string of the molecule is CN1C(=O)[C@@H]2CC[C@H]1CN(C(=O)Nc1cccnc1Oc1ccccc1F)C2. The van der Waals surface area contributed by atoms with Gasteiger partial charge in [-0.3, -0.25) is 4.79 Å². The third kappa shape index (κ3) is 3.49. The maximum atomic E-state index is 13.9. The zero-order valence-corrected chi connectivity index (χ0v) is 15.5. The van der Waals surface area contributed by atoms with Gasteiger partial charge in [0.05, 0.1) is 5.92 Å². The number of urea groups is 1. The summed E-state index contributed by atoms with van der Waals surface area (Å²) in [6, 6.07) is 9.00. The van der Waals surface area contributed by atoms with Crippen LogP contribution in [0.5, 0.6) is 11.6 Å². The minimum Gasteiger partial charge on any atom is -0.434 e. The molecule has 0 unspecified atom stereocenters. The van der Waals surface area contributed by atoms with Crippen molar-refractivity contribution in [2.24, 2.45) is 5.92 Å². The highest BCUT2D eigenvalue weighted by molar-refractivity contribution is 5.91. The number of para-hydroxylation sites is 1. The van der Waals surface area contributed by atoms with Gasteiger partial charge in [-0.15, -0.1) is 0 Å². The Labute approximate surface area is 162 Å². The van der Waals surface area contributed by atoms with Crippen LogP contribution in [0.1, 0.15) is 12.8 Å². The van der Waals surface area contributed by atoms with Crippen LogP contribution in [-0.4, -0.2) is 52.9 Å². The van der Waals surface area contributed by atoms with Gasteiger partial charge in [0.2, 0.25) is 11.8 Å². The maximum Gasteiger partial charge on any atom is 0.322 e. The van der Waals surface area contributed by atoms with Crippen molar-refractivity contribution in [3.8, 4) is 11.6 Å². The van der Waals surface area contributed by atoms with E-state index in [1.54, 1.807) is 41.1 Å². The van der Waals surface area contributed by atoms with Crippen molar-refractivity contribution in [3.05, 3.63) is 48.4 Å². The molecule has 8 heteroatoms. The van der Waals surface area contributed by atoms with E-state index in [9.17, 15) is 14.0 Å². The Morgan fingerprint density at radius 3 is 2.86 bits per heavy atom. The first-order valence-electron chi connectivity index (χ1n) is 9.23. The number of nitrogens with zero attached hydrogens (tertiary/aromatic N) is 3. The first kappa shape index (κ1) is 18.2. The number of anilines is 1. The number of amides is 3. The number of benzene rings is 1. The van der Waals surface area contributed by atoms with Gasteiger partial charge in [-0.2, -0.15) is 0 Å². The van der Waals surface area contributed by atoms with E-state index >= 15 is 0 Å². The number of carbonyl (C=O) groups excluding carboxylic acids is 2. The Kier molecular flexibility index (Phi) is 4.85. The topological polar surface area (TPSA) is 74.8 Å². The number of pyridine rings is 1. The first-order chi connectivity index (χ1) is 13.5. The summed E-state index contributed by atoms with van der Waals surface area (Å²) in [6.45, 7) is 0.865. The zero-order valence-electron chi connectivity index (χ0n) is 15.5. The molecular weight excluding hydrogens is 363 g/mol. The van der Waals surface area contributed by atoms with E-state index in [2.05, 4.69) is 10.3 Å². The third-order valence-corrected chi connectivity index (χ3v) is 5.31. The molecule has 3 aliphatic heterocycles. The number of piperidine rings is 1. The predicted octanol–water partition coefficient (Wildman–Crippen LogP) is 3.10. The van der Waals surface area contributed by atoms with E-state index in [0.717, 1.165) is 12.8 Å². The van der Waals surface area contributed by atoms with Crippen LogP contribution in [0.4, 0.5) is 14.9 Å². The molecule has 7 nitrogen and oxygen atoms in total. The van der Waals surface area contributed by atoms with Crippen LogP contribution >= 0.6 is 0 Å². The smallest absolute Gasteiger partial charge is 0.322 e. The minimum absolute atomic E-state index is 0.0248. The van der Waals surface area contributed by atoms with Crippen molar-refractivity contribution < 1.29 is 18.7 Å². The van der Waals surface area contributed by atoms with Gasteiger partial charge in [0.15, 0.2) is 11.6 Å². The lowest BCUT2D eigenvalue weighted by atomic mass is 9.95. The van der Waals surface area contributed by atoms with Crippen LogP contribution in [0.25, 0.3) is 0 Å². The molecule has 28 heavy (non-hydrogen) atoms. The molecule has 1 aromatic heterocycles. The lowest BCUT2D eigenvalue weighted by Crippen LogP contribution is -2.45. The Hall–Kier alpha value is -3.16. The minimum atomic E-state index is -0.518. The molecule has 0 spiro atoms. The normalized spacial score (nSPS) is 21.4. The molecule has 0 saturated carbocycles. The molecule has 1 N–H and O–H groups in total. The van der Waals surface area contributed by atoms with E-state index in [0.29, 0.717) is 18.8 Å². The fourth-order valence-electron chi connectivity index (χ4n) is 3.72. The van der Waals surface area contributed by atoms with E-state index in [1.165, 1.54) is 18.3 Å². The molecule has 0 radical (unpaired) electrons. The molecule has 3 saturated heterocycles. The molecule has 0 aliphatic carbocycles. The van der Waals surface area contributed by atoms with Gasteiger partial charge < -0.3 is 19.9 Å². The van der Waals surface area contributed by atoms with Gasteiger partial charge in [-0.05, 0) is 37.1 Å². The number of aromatic nitrogens is 1. The van der Waals surface area contributed by atoms with Crippen LogP contribution in [0.2, 0.25) is 0 Å². The number of rotatable bonds is 3. The standard InChI is InChI=1S/C20H21FN4O3/c1-24-14-9-8-13(19(24)26)11-25(12-14)20(27)23-16-6-4-10-22-18(16)28-17-7-3-2-5-15(17)21/h2-7,10,13-14H,8-9,11-12H2,1H3,(H,23,27)/t13-,14+/m1/s1. The summed E-state index contributed by atoms with van der Waals surface area (Å²) in [5, 5.41) is 2.79. The molecule has 3 aliphatic rings. The highest BCUT2D eigenvalue weighted by Gasteiger charge is 2.40. The number of hydrogen-bond acceptors (Lipinski definition) is 4. The number of carbonyl (C=O) groups is 2. The number of nitrogens with one attached hydrogen (secondary N) is 1. The lowest BCUT2D eigenvalue weighted by Gasteiger charge is -2.32. The molecule has 3 amide bonds. The second kappa shape index (κ2) is 7.46. The third-order valence-electron chi connectivity index (χ3n) is 5.31. The summed E-state index contributed by atoms with van der Waals surface area (Å²) >= 11 is 0. The van der Waals surface area contributed by atoms with Gasteiger partial charge in [0.1, 0.15) is 5.69 Å². The number of likely N-dealkylation sites (N-methyl/N-ethyl adjacent to an activating group) is 1. The average Bonchev–Trinajstić information content (AvgIpc) is 2.98. The van der Waals surface area contributed by atoms with Gasteiger partial charge in [0, 0.05) is 32.4 Å². The molecule has 1 aromatic carbocycles. The van der Waals surface area contributed by atoms with Crippen molar-refractivity contribution in [1.82, 2.24) is 14.8 Å². The predicted molar refractivity (Wildman–Crippen MR) is 101 cm³/mol. The summed E-state index contributed by atoms with van der Waals surface area (Å²) in [5.41, 5.74) is 0.340. The Balaban J connectivity index is 1.51. The van der Waals surface area contributed by atoms with Crippen LogP contribution in [0, 0.1) is 11.7 Å². The quantitative estimate of drug-likeness (QED) is 0.882. The highest BCUT2D eigenvalue weighted by Crippen LogP contribution is 2.31. The van der Waals surface area contributed by atoms with Crippen molar-refractivity contribution in [2.45, 2.75) is 18.9 Å². The monoisotopic (exact) mass is 384 g/mol. The van der Waals surface area contributed by atoms with E-state index in [4.69, 9.17) is 4.74 Å². The number of fused-ring (bicyclic) bond motifs is 4. The number of hydrogen-bond donors (Lipinski definition) is 1. The molecule has 146 valence electrons. The second-order valence-corrected chi connectivity index (χ2v) is 7.10. The Bertz CT molecular complexity index is 907. The molecular formula is C20H21FN4O3. The van der Waals surface area contributed by atoms with Crippen LogP contribution < -0.4 is 10.1 Å². The Morgan fingerprint density at radius 1 is 1.21 bits per heavy atom. The summed E-state index contributed by atoms with van der Waals surface area (Å²) in [6.07, 6.45) is 3.20. The van der Waals surface area contributed by atoms with Crippen molar-refractivity contribution >= 4 is 17.6 Å². The summed E-state index contributed by atoms with van der Waals surface area (Å²) in [5.74, 6) is -0.464. The molecule has 2 atom stereocenters. The second-order valence-electron chi connectivity index (χ2n) is 7.10. The first-order valence-corrected chi connectivity index (χ1v) is 9.23. The zero-order chi connectivity index (χ0) is 19.7. The Morgan fingerprint density at radius 2 is 2.04 bits per heavy atom. The van der Waals surface area contributed by atoms with Gasteiger partial charge in [-0.1, -0.05) is 12.1 Å². The number of ether oxygens (including phenoxy) is 1. The van der Waals surface area contributed by atoms with Crippen molar-refractivity contribution in [1.29, 1.82) is 0 Å². The molecule has 2 bridgehead atoms. The average molecular weight is 384 g/mol. The largest absolute Gasteiger partial charge is 0.434 e. The van der Waals surface area contributed by atoms with E-state index in [-0.39, 0.29) is 35.5 Å². The van der Waals surface area contributed by atoms with Crippen molar-refractivity contribution in [3.63, 3.8) is 0 Å². The van der Waals surface area contributed by atoms with Crippen LogP contribution in [0.3, 0.4) is 0 Å². The van der Waals surface area contributed by atoms with Gasteiger partial charge in [-0.25, -0.2) is 14.2 Å². The van der Waals surface area contributed by atoms with E-state index < -0.39 is 5.82 Å². The van der Waals surface area contributed by atoms with E-state index in [1.807, 2.05) is 0 Å². The summed E-state index contributed by atoms with van der Waals surface area (Å²) < 4.78 is 19.4. The van der Waals surface area contributed by atoms with Crippen molar-refractivity contribution in [2.75, 3.05) is 25.5 Å². The van der Waals surface area contributed by atoms with Gasteiger partial charge in [0.25, 0.3) is 0 Å². The maximum absolute atomic E-state index is 13.9. The van der Waals surface area contributed by atoms with Gasteiger partial charge >= 0.3 is 6.03 Å². The summed E-state index contributed by atoms with van der Waals surface area (Å²) in [7, 11) is 1.79. The van der Waals surface area contributed by atoms with Crippen LogP contribution in [-0.2, 0) is 4.79 Å². The summed E-state index contributed by atoms with van der Waals surface area (Å²) in [4.78, 5) is 32.7. The molecule has 2 aromatic rings. The molecule has 5 rings (SSSR count). The fraction of sp³-hybridized carbons (Fsp3) is 0.350. The number of halogens is 1.